The molecule has 2 saturated heterocycles. The molecule has 0 spiro atoms. The summed E-state index contributed by atoms with van der Waals surface area (Å²) in [5.41, 5.74) is 2.07. The van der Waals surface area contributed by atoms with Gasteiger partial charge in [0.15, 0.2) is 0 Å². The van der Waals surface area contributed by atoms with Gasteiger partial charge in [0.2, 0.25) is 0 Å². The molecule has 1 N–H and O–H groups in total. The minimum Gasteiger partial charge on any atom is -0.341 e. The molecule has 6 nitrogen and oxygen atoms in total. The Morgan fingerprint density at radius 2 is 1.67 bits per heavy atom. The molecule has 0 saturated carbocycles. The van der Waals surface area contributed by atoms with E-state index < -0.39 is 0 Å². The van der Waals surface area contributed by atoms with Crippen LogP contribution in [-0.4, -0.2) is 78.5 Å². The van der Waals surface area contributed by atoms with Crippen LogP contribution in [0.3, 0.4) is 0 Å². The maximum Gasteiger partial charge on any atom is 0.317 e. The van der Waals surface area contributed by atoms with Gasteiger partial charge in [-0.15, -0.1) is 0 Å². The highest BCUT2D eigenvalue weighted by atomic mass is 16.2. The molecule has 3 rings (SSSR count). The van der Waals surface area contributed by atoms with E-state index in [0.29, 0.717) is 0 Å². The van der Waals surface area contributed by atoms with Gasteiger partial charge in [-0.1, -0.05) is 26.0 Å². The van der Waals surface area contributed by atoms with E-state index in [1.54, 1.807) is 7.05 Å². The van der Waals surface area contributed by atoms with E-state index in [-0.39, 0.29) is 17.5 Å². The zero-order valence-corrected chi connectivity index (χ0v) is 16.8. The second kappa shape index (κ2) is 8.30. The first-order chi connectivity index (χ1) is 13.0. The van der Waals surface area contributed by atoms with Crippen LogP contribution in [0.25, 0.3) is 0 Å². The zero-order valence-electron chi connectivity index (χ0n) is 16.8. The Balaban J connectivity index is 1.60. The van der Waals surface area contributed by atoms with Crippen molar-refractivity contribution in [3.8, 4) is 0 Å². The molecule has 2 heterocycles. The summed E-state index contributed by atoms with van der Waals surface area (Å²) in [6.45, 7) is 9.13. The first-order valence-electron chi connectivity index (χ1n) is 10.1. The predicted octanol–water partition coefficient (Wildman–Crippen LogP) is 2.20. The van der Waals surface area contributed by atoms with Gasteiger partial charge < -0.3 is 15.1 Å². The second-order valence-corrected chi connectivity index (χ2v) is 7.63. The minimum atomic E-state index is 0.00895. The number of nitrogens with one attached hydrogen (secondary N) is 1. The molecule has 6 heteroatoms. The third-order valence-electron chi connectivity index (χ3n) is 6.34. The molecule has 148 valence electrons. The number of urea groups is 1. The van der Waals surface area contributed by atoms with Gasteiger partial charge in [0.25, 0.3) is 5.91 Å². The van der Waals surface area contributed by atoms with Gasteiger partial charge in [-0.3, -0.25) is 9.69 Å². The lowest BCUT2D eigenvalue weighted by Crippen LogP contribution is -2.59. The van der Waals surface area contributed by atoms with Crippen molar-refractivity contribution in [3.05, 3.63) is 35.4 Å². The third-order valence-corrected chi connectivity index (χ3v) is 6.34. The minimum absolute atomic E-state index is 0.00895. The topological polar surface area (TPSA) is 55.9 Å². The van der Waals surface area contributed by atoms with Crippen molar-refractivity contribution >= 4 is 11.9 Å². The summed E-state index contributed by atoms with van der Waals surface area (Å²) in [6, 6.07) is 7.98. The van der Waals surface area contributed by atoms with Crippen LogP contribution >= 0.6 is 0 Å². The van der Waals surface area contributed by atoms with Gasteiger partial charge in [0, 0.05) is 57.4 Å². The lowest BCUT2D eigenvalue weighted by atomic mass is 9.92. The molecular formula is C21H32N4O2. The lowest BCUT2D eigenvalue weighted by molar-refractivity contribution is 0.0301. The molecule has 0 radical (unpaired) electrons. The second-order valence-electron chi connectivity index (χ2n) is 7.63. The number of piperazine rings is 1. The van der Waals surface area contributed by atoms with Crippen LogP contribution in [0, 0.1) is 0 Å². The van der Waals surface area contributed by atoms with Gasteiger partial charge >= 0.3 is 6.03 Å². The van der Waals surface area contributed by atoms with Crippen molar-refractivity contribution in [1.29, 1.82) is 0 Å². The van der Waals surface area contributed by atoms with Crippen LogP contribution in [0.2, 0.25) is 0 Å². The fourth-order valence-corrected chi connectivity index (χ4v) is 4.41. The Kier molecular flexibility index (Phi) is 6.05. The van der Waals surface area contributed by atoms with E-state index in [1.165, 1.54) is 5.56 Å². The monoisotopic (exact) mass is 372 g/mol. The molecular weight excluding hydrogens is 340 g/mol. The number of rotatable bonds is 4. The van der Waals surface area contributed by atoms with Crippen LogP contribution < -0.4 is 5.32 Å². The molecule has 0 aliphatic carbocycles. The fraction of sp³-hybridized carbons (Fsp3) is 0.619. The van der Waals surface area contributed by atoms with Crippen molar-refractivity contribution in [2.45, 2.75) is 38.6 Å². The van der Waals surface area contributed by atoms with Crippen LogP contribution in [-0.2, 0) is 6.42 Å². The number of aryl methyl sites for hydroxylation is 1. The predicted molar refractivity (Wildman–Crippen MR) is 107 cm³/mol. The molecule has 1 aromatic rings. The average Bonchev–Trinajstić information content (AvgIpc) is 3.19. The third kappa shape index (κ3) is 3.95. The molecule has 2 fully saturated rings. The summed E-state index contributed by atoms with van der Waals surface area (Å²) in [7, 11) is 1.69. The van der Waals surface area contributed by atoms with E-state index in [4.69, 9.17) is 0 Å². The number of amides is 3. The maximum absolute atomic E-state index is 12.8. The lowest BCUT2D eigenvalue weighted by Gasteiger charge is -2.45. The fourth-order valence-electron chi connectivity index (χ4n) is 4.41. The van der Waals surface area contributed by atoms with E-state index in [9.17, 15) is 9.59 Å². The summed E-state index contributed by atoms with van der Waals surface area (Å²) in [6.07, 6.45) is 3.01. The number of hydrogen-bond donors (Lipinski definition) is 1. The molecule has 1 atom stereocenters. The van der Waals surface area contributed by atoms with Crippen molar-refractivity contribution < 1.29 is 9.59 Å². The first kappa shape index (κ1) is 19.7. The number of hydrogen-bond acceptors (Lipinski definition) is 3. The van der Waals surface area contributed by atoms with Crippen molar-refractivity contribution in [2.75, 3.05) is 46.3 Å². The van der Waals surface area contributed by atoms with Gasteiger partial charge in [-0.2, -0.15) is 0 Å². The van der Waals surface area contributed by atoms with E-state index in [2.05, 4.69) is 24.1 Å². The Morgan fingerprint density at radius 3 is 2.22 bits per heavy atom. The number of nitrogens with zero attached hydrogens (tertiary/aromatic N) is 3. The molecule has 0 bridgehead atoms. The molecule has 2 aliphatic heterocycles. The summed E-state index contributed by atoms with van der Waals surface area (Å²) in [4.78, 5) is 31.2. The number of carbonyl (C=O) groups is 2. The highest BCUT2D eigenvalue weighted by molar-refractivity contribution is 5.94. The number of likely N-dealkylation sites (tertiary alicyclic amines) is 1. The van der Waals surface area contributed by atoms with Gasteiger partial charge in [0.1, 0.15) is 0 Å². The van der Waals surface area contributed by atoms with Crippen molar-refractivity contribution in [2.24, 2.45) is 0 Å². The van der Waals surface area contributed by atoms with Gasteiger partial charge in [-0.05, 0) is 37.0 Å². The standard InChI is InChI=1S/C21H32N4O2/c1-4-17-6-8-18(9-7-17)19(26)23-12-14-25(15-13-23)21(5-2)10-11-24(16-21)20(27)22-3/h6-9H,4-5,10-16H2,1-3H3,(H,22,27)/t21-/m0/s1. The Labute approximate surface area is 162 Å². The summed E-state index contributed by atoms with van der Waals surface area (Å²) in [5, 5.41) is 2.74. The smallest absolute Gasteiger partial charge is 0.317 e. The molecule has 2 aliphatic rings. The summed E-state index contributed by atoms with van der Waals surface area (Å²) in [5.74, 6) is 0.126. The van der Waals surface area contributed by atoms with Gasteiger partial charge in [0.05, 0.1) is 0 Å². The highest BCUT2D eigenvalue weighted by Crippen LogP contribution is 2.32. The summed E-state index contributed by atoms with van der Waals surface area (Å²) >= 11 is 0. The van der Waals surface area contributed by atoms with E-state index >= 15 is 0 Å². The molecule has 1 aromatic carbocycles. The maximum atomic E-state index is 12.8. The van der Waals surface area contributed by atoms with Crippen LogP contribution in [0.15, 0.2) is 24.3 Å². The van der Waals surface area contributed by atoms with Gasteiger partial charge in [-0.25, -0.2) is 4.79 Å². The molecule has 27 heavy (non-hydrogen) atoms. The largest absolute Gasteiger partial charge is 0.341 e. The summed E-state index contributed by atoms with van der Waals surface area (Å²) < 4.78 is 0. The van der Waals surface area contributed by atoms with Crippen molar-refractivity contribution in [1.82, 2.24) is 20.0 Å². The van der Waals surface area contributed by atoms with Crippen LogP contribution in [0.1, 0.15) is 42.6 Å². The molecule has 0 aromatic heterocycles. The highest BCUT2D eigenvalue weighted by Gasteiger charge is 2.44. The Bertz CT molecular complexity index is 667. The SMILES string of the molecule is CCc1ccc(C(=O)N2CCN([C@@]3(CC)CCN(C(=O)NC)C3)CC2)cc1. The number of carbonyl (C=O) groups excluding carboxylic acids is 2. The van der Waals surface area contributed by atoms with Crippen molar-refractivity contribution in [3.63, 3.8) is 0 Å². The Morgan fingerprint density at radius 1 is 1.00 bits per heavy atom. The zero-order chi connectivity index (χ0) is 19.4. The normalized spacial score (nSPS) is 23.5. The van der Waals surface area contributed by atoms with Crippen LogP contribution in [0.5, 0.6) is 0 Å². The van der Waals surface area contributed by atoms with Crippen LogP contribution in [0.4, 0.5) is 4.79 Å². The van der Waals surface area contributed by atoms with E-state index in [0.717, 1.165) is 64.1 Å². The Hall–Kier alpha value is -2.08. The van der Waals surface area contributed by atoms with E-state index in [1.807, 2.05) is 34.1 Å². The average molecular weight is 373 g/mol. The molecule has 3 amide bonds. The number of benzene rings is 1. The first-order valence-corrected chi connectivity index (χ1v) is 10.1. The molecule has 0 unspecified atom stereocenters. The quantitative estimate of drug-likeness (QED) is 0.882.